The molecule has 0 aliphatic carbocycles. The van der Waals surface area contributed by atoms with E-state index >= 15 is 0 Å². The number of pyridine rings is 1. The molecule has 0 saturated heterocycles. The topological polar surface area (TPSA) is 54.8 Å². The molecule has 0 saturated carbocycles. The molecule has 0 unspecified atom stereocenters. The van der Waals surface area contributed by atoms with Gasteiger partial charge in [0.1, 0.15) is 0 Å². The van der Waals surface area contributed by atoms with Crippen molar-refractivity contribution in [3.63, 3.8) is 0 Å². The molecule has 0 radical (unpaired) electrons. The molecule has 12 rings (SSSR count). The number of aromatic nitrogens is 4. The highest BCUT2D eigenvalue weighted by Crippen LogP contribution is 2.52. The van der Waals surface area contributed by atoms with Gasteiger partial charge in [0, 0.05) is 27.5 Å². The van der Waals surface area contributed by atoms with Crippen molar-refractivity contribution in [1.82, 2.24) is 19.9 Å². The minimum atomic E-state index is 0.539. The molecule has 0 fully saturated rings. The van der Waals surface area contributed by atoms with E-state index in [1.165, 1.54) is 22.3 Å². The third kappa shape index (κ3) is 6.51. The third-order valence-corrected chi connectivity index (χ3v) is 12.0. The van der Waals surface area contributed by atoms with Crippen molar-refractivity contribution >= 4 is 39.0 Å². The van der Waals surface area contributed by atoms with Gasteiger partial charge in [-0.1, -0.05) is 176 Å². The summed E-state index contributed by atoms with van der Waals surface area (Å²) in [5.41, 5.74) is 15.9. The fourth-order valence-electron chi connectivity index (χ4n) is 8.98. The van der Waals surface area contributed by atoms with Gasteiger partial charge in [0.2, 0.25) is 5.95 Å². The minimum Gasteiger partial charge on any atom is -0.278 e. The molecule has 3 heterocycles. The zero-order valence-electron chi connectivity index (χ0n) is 34.1. The molecule has 63 heavy (non-hydrogen) atoms. The molecule has 0 bridgehead atoms. The van der Waals surface area contributed by atoms with Gasteiger partial charge in [0.15, 0.2) is 11.6 Å². The van der Waals surface area contributed by atoms with Crippen molar-refractivity contribution in [2.75, 3.05) is 4.90 Å². The Hall–Kier alpha value is -8.54. The van der Waals surface area contributed by atoms with Crippen LogP contribution in [0.15, 0.2) is 224 Å². The largest absolute Gasteiger partial charge is 0.278 e. The van der Waals surface area contributed by atoms with Gasteiger partial charge in [0.25, 0.3) is 0 Å². The zero-order chi connectivity index (χ0) is 41.7. The van der Waals surface area contributed by atoms with Gasteiger partial charge in [-0.05, 0) is 98.4 Å². The monoisotopic (exact) mass is 803 g/mol. The highest BCUT2D eigenvalue weighted by molar-refractivity contribution is 6.20. The van der Waals surface area contributed by atoms with Crippen molar-refractivity contribution in [3.8, 4) is 78.5 Å². The van der Waals surface area contributed by atoms with Crippen LogP contribution in [0.25, 0.3) is 100 Å². The van der Waals surface area contributed by atoms with E-state index in [4.69, 9.17) is 19.9 Å². The van der Waals surface area contributed by atoms with Crippen LogP contribution in [-0.2, 0) is 0 Å². The molecule has 1 aliphatic rings. The number of para-hydroxylation sites is 1. The van der Waals surface area contributed by atoms with Crippen LogP contribution in [0.3, 0.4) is 0 Å². The summed E-state index contributed by atoms with van der Waals surface area (Å²) in [6.45, 7) is 0. The number of rotatable bonds is 7. The summed E-state index contributed by atoms with van der Waals surface area (Å²) in [5, 5.41) is 3.29. The Morgan fingerprint density at radius 1 is 0.286 bits per heavy atom. The smallest absolute Gasteiger partial charge is 0.238 e. The van der Waals surface area contributed by atoms with Gasteiger partial charge in [-0.25, -0.2) is 9.97 Å². The first-order valence-electron chi connectivity index (χ1n) is 21.2. The number of benzene rings is 9. The second-order valence-corrected chi connectivity index (χ2v) is 15.9. The molecular formula is C58H37N5. The molecule has 0 amide bonds. The second kappa shape index (κ2) is 15.2. The lowest BCUT2D eigenvalue weighted by atomic mass is 9.90. The van der Waals surface area contributed by atoms with Crippen LogP contribution in [0, 0.1) is 0 Å². The van der Waals surface area contributed by atoms with E-state index in [0.717, 1.165) is 77.7 Å². The maximum atomic E-state index is 5.43. The van der Waals surface area contributed by atoms with Crippen LogP contribution in [-0.4, -0.2) is 19.9 Å². The molecule has 0 N–H and O–H groups in total. The van der Waals surface area contributed by atoms with Crippen LogP contribution >= 0.6 is 0 Å². The van der Waals surface area contributed by atoms with Crippen molar-refractivity contribution < 1.29 is 0 Å². The molecular weight excluding hydrogens is 767 g/mol. The van der Waals surface area contributed by atoms with E-state index in [-0.39, 0.29) is 0 Å². The first kappa shape index (κ1) is 36.3. The summed E-state index contributed by atoms with van der Waals surface area (Å²) in [6, 6.07) is 78.9. The Kier molecular flexibility index (Phi) is 8.75. The van der Waals surface area contributed by atoms with Crippen LogP contribution < -0.4 is 4.90 Å². The number of hydrogen-bond acceptors (Lipinski definition) is 5. The first-order valence-corrected chi connectivity index (χ1v) is 21.2. The van der Waals surface area contributed by atoms with Crippen molar-refractivity contribution in [1.29, 1.82) is 0 Å². The predicted molar refractivity (Wildman–Crippen MR) is 259 cm³/mol. The second-order valence-electron chi connectivity index (χ2n) is 15.9. The number of fused-ring (bicyclic) bond motifs is 4. The highest BCUT2D eigenvalue weighted by Gasteiger charge is 2.31. The van der Waals surface area contributed by atoms with Gasteiger partial charge in [-0.3, -0.25) is 4.90 Å². The van der Waals surface area contributed by atoms with Crippen LogP contribution in [0.5, 0.6) is 0 Å². The highest BCUT2D eigenvalue weighted by atomic mass is 15.3. The Morgan fingerprint density at radius 3 is 1.37 bits per heavy atom. The normalized spacial score (nSPS) is 11.8. The Bertz CT molecular complexity index is 3380. The molecule has 11 aromatic rings. The lowest BCUT2D eigenvalue weighted by Gasteiger charge is -2.32. The average molecular weight is 804 g/mol. The average Bonchev–Trinajstić information content (AvgIpc) is 3.37. The number of nitrogens with zero attached hydrogens (tertiary/aromatic N) is 5. The Balaban J connectivity index is 1.06. The molecule has 2 aromatic heterocycles. The van der Waals surface area contributed by atoms with E-state index in [1.807, 2.05) is 60.7 Å². The molecule has 5 heteroatoms. The van der Waals surface area contributed by atoms with Crippen LogP contribution in [0.2, 0.25) is 0 Å². The third-order valence-electron chi connectivity index (χ3n) is 12.0. The summed E-state index contributed by atoms with van der Waals surface area (Å²) in [7, 11) is 0. The Morgan fingerprint density at radius 2 is 0.746 bits per heavy atom. The minimum absolute atomic E-state index is 0.539. The number of anilines is 3. The standard InChI is InChI=1S/C58H37N5/c1-5-17-38(18-6-1)45-34-46(39-19-7-2-8-20-39)36-47(35-45)43-26-15-25-42(33-43)44-31-32-52-50(37-44)55-54-49(48-27-13-14-29-51(48)59-55)28-16-30-53(54)63(52)58-61-56(40-21-9-3-10-22-40)60-57(62-58)41-23-11-4-12-24-41/h1-37H. The van der Waals surface area contributed by atoms with Gasteiger partial charge in [-0.15, -0.1) is 0 Å². The summed E-state index contributed by atoms with van der Waals surface area (Å²) in [4.78, 5) is 23.1. The van der Waals surface area contributed by atoms with E-state index in [1.54, 1.807) is 0 Å². The van der Waals surface area contributed by atoms with Crippen molar-refractivity contribution in [2.45, 2.75) is 0 Å². The number of hydrogen-bond donors (Lipinski definition) is 0. The SMILES string of the molecule is c1ccc(-c2cc(-c3ccccc3)cc(-c3cccc(-c4ccc5c(c4)-c4nc6ccccc6c6cccc(c46)N5c4nc(-c5ccccc5)nc(-c5ccccc5)n4)c3)c2)cc1. The predicted octanol–water partition coefficient (Wildman–Crippen LogP) is 15.0. The summed E-state index contributed by atoms with van der Waals surface area (Å²) < 4.78 is 0. The van der Waals surface area contributed by atoms with Gasteiger partial charge in [0.05, 0.1) is 22.6 Å². The zero-order valence-corrected chi connectivity index (χ0v) is 34.1. The van der Waals surface area contributed by atoms with E-state index in [0.29, 0.717) is 17.6 Å². The van der Waals surface area contributed by atoms with Gasteiger partial charge < -0.3 is 0 Å². The van der Waals surface area contributed by atoms with Crippen LogP contribution in [0.4, 0.5) is 17.3 Å². The van der Waals surface area contributed by atoms with E-state index in [2.05, 4.69) is 169 Å². The maximum absolute atomic E-state index is 5.43. The summed E-state index contributed by atoms with van der Waals surface area (Å²) >= 11 is 0. The van der Waals surface area contributed by atoms with Gasteiger partial charge in [-0.2, -0.15) is 9.97 Å². The fourth-order valence-corrected chi connectivity index (χ4v) is 8.98. The quantitative estimate of drug-likeness (QED) is 0.150. The van der Waals surface area contributed by atoms with Crippen LogP contribution in [0.1, 0.15) is 0 Å². The molecule has 1 aliphatic heterocycles. The molecule has 9 aromatic carbocycles. The lowest BCUT2D eigenvalue weighted by molar-refractivity contribution is 1.02. The Labute approximate surface area is 365 Å². The van der Waals surface area contributed by atoms with Crippen molar-refractivity contribution in [3.05, 3.63) is 224 Å². The van der Waals surface area contributed by atoms with E-state index < -0.39 is 0 Å². The first-order chi connectivity index (χ1) is 31.2. The summed E-state index contributed by atoms with van der Waals surface area (Å²) in [5.74, 6) is 1.75. The van der Waals surface area contributed by atoms with Crippen molar-refractivity contribution in [2.24, 2.45) is 0 Å². The van der Waals surface area contributed by atoms with Gasteiger partial charge >= 0.3 is 0 Å². The molecule has 5 nitrogen and oxygen atoms in total. The molecule has 0 atom stereocenters. The molecule has 0 spiro atoms. The van der Waals surface area contributed by atoms with E-state index in [9.17, 15) is 0 Å². The lowest BCUT2D eigenvalue weighted by Crippen LogP contribution is -2.19. The molecule has 294 valence electrons. The summed E-state index contributed by atoms with van der Waals surface area (Å²) in [6.07, 6.45) is 0. The fraction of sp³-hybridized carbons (Fsp3) is 0. The maximum Gasteiger partial charge on any atom is 0.238 e.